The van der Waals surface area contributed by atoms with E-state index in [0.29, 0.717) is 18.2 Å². The zero-order valence-electron chi connectivity index (χ0n) is 11.4. The third-order valence-corrected chi connectivity index (χ3v) is 3.81. The van der Waals surface area contributed by atoms with Crippen LogP contribution in [0.3, 0.4) is 0 Å². The van der Waals surface area contributed by atoms with E-state index in [4.69, 9.17) is 5.11 Å². The number of hydrogen-bond donors (Lipinski definition) is 1. The SMILES string of the molecule is CO.FC1CC(c2ccccc2)n2nc(C3CC3)nc21. The standard InChI is InChI=1S/C14H14FN3.CH4O/c15-11-8-12(9-4-2-1-3-5-9)18-14(11)16-13(17-18)10-6-7-10;1-2/h1-5,10-12H,6-8H2;2H,1H3. The van der Waals surface area contributed by atoms with Gasteiger partial charge in [-0.3, -0.25) is 0 Å². The minimum atomic E-state index is -0.977. The summed E-state index contributed by atoms with van der Waals surface area (Å²) in [5.74, 6) is 1.84. The van der Waals surface area contributed by atoms with Gasteiger partial charge in [-0.1, -0.05) is 30.3 Å². The van der Waals surface area contributed by atoms with Gasteiger partial charge in [-0.2, -0.15) is 5.10 Å². The summed E-state index contributed by atoms with van der Waals surface area (Å²) in [6.45, 7) is 0. The fraction of sp³-hybridized carbons (Fsp3) is 0.467. The molecule has 4 nitrogen and oxygen atoms in total. The molecule has 1 aliphatic heterocycles. The summed E-state index contributed by atoms with van der Waals surface area (Å²) in [6.07, 6.45) is 1.78. The number of aliphatic hydroxyl groups excluding tert-OH is 1. The van der Waals surface area contributed by atoms with Crippen LogP contribution in [0.25, 0.3) is 0 Å². The van der Waals surface area contributed by atoms with Crippen molar-refractivity contribution in [3.8, 4) is 0 Å². The minimum Gasteiger partial charge on any atom is -0.400 e. The third-order valence-electron chi connectivity index (χ3n) is 3.81. The molecule has 0 bridgehead atoms. The number of rotatable bonds is 2. The van der Waals surface area contributed by atoms with E-state index < -0.39 is 6.17 Å². The van der Waals surface area contributed by atoms with Gasteiger partial charge in [0.05, 0.1) is 6.04 Å². The predicted molar refractivity (Wildman–Crippen MR) is 73.2 cm³/mol. The van der Waals surface area contributed by atoms with Crippen LogP contribution < -0.4 is 0 Å². The van der Waals surface area contributed by atoms with Gasteiger partial charge in [0, 0.05) is 19.4 Å². The molecule has 0 spiro atoms. The zero-order chi connectivity index (χ0) is 14.1. The van der Waals surface area contributed by atoms with Crippen LogP contribution in [0.4, 0.5) is 4.39 Å². The summed E-state index contributed by atoms with van der Waals surface area (Å²) in [4.78, 5) is 4.39. The van der Waals surface area contributed by atoms with E-state index in [2.05, 4.69) is 10.1 Å². The molecule has 1 fully saturated rings. The Hall–Kier alpha value is -1.75. The molecule has 2 aromatic rings. The van der Waals surface area contributed by atoms with E-state index in [1.54, 1.807) is 4.68 Å². The van der Waals surface area contributed by atoms with Gasteiger partial charge < -0.3 is 5.11 Å². The van der Waals surface area contributed by atoms with E-state index in [1.807, 2.05) is 30.3 Å². The van der Waals surface area contributed by atoms with Crippen LogP contribution in [0, 0.1) is 0 Å². The highest BCUT2D eigenvalue weighted by Gasteiger charge is 2.38. The Kier molecular flexibility index (Phi) is 3.53. The van der Waals surface area contributed by atoms with E-state index in [-0.39, 0.29) is 6.04 Å². The molecular formula is C15H18FN3O. The van der Waals surface area contributed by atoms with Crippen molar-refractivity contribution in [2.75, 3.05) is 7.11 Å². The molecule has 106 valence electrons. The van der Waals surface area contributed by atoms with Crippen molar-refractivity contribution in [1.82, 2.24) is 14.8 Å². The molecule has 4 rings (SSSR count). The first-order valence-electron chi connectivity index (χ1n) is 6.93. The Bertz CT molecular complexity index is 580. The molecule has 2 heterocycles. The fourth-order valence-corrected chi connectivity index (χ4v) is 2.66. The van der Waals surface area contributed by atoms with Crippen molar-refractivity contribution < 1.29 is 9.50 Å². The molecule has 1 aromatic carbocycles. The first-order chi connectivity index (χ1) is 9.83. The number of benzene rings is 1. The lowest BCUT2D eigenvalue weighted by atomic mass is 10.0. The second kappa shape index (κ2) is 5.32. The summed E-state index contributed by atoms with van der Waals surface area (Å²) < 4.78 is 15.8. The summed E-state index contributed by atoms with van der Waals surface area (Å²) in [5.41, 5.74) is 1.12. The van der Waals surface area contributed by atoms with Gasteiger partial charge in [0.1, 0.15) is 0 Å². The number of aliphatic hydroxyl groups is 1. The van der Waals surface area contributed by atoms with Crippen molar-refractivity contribution in [3.05, 3.63) is 47.5 Å². The summed E-state index contributed by atoms with van der Waals surface area (Å²) >= 11 is 0. The van der Waals surface area contributed by atoms with Gasteiger partial charge in [-0.25, -0.2) is 14.1 Å². The number of aromatic nitrogens is 3. The third kappa shape index (κ3) is 2.22. The van der Waals surface area contributed by atoms with Gasteiger partial charge >= 0.3 is 0 Å². The average Bonchev–Trinajstić information content (AvgIpc) is 3.19. The Balaban J connectivity index is 0.000000581. The van der Waals surface area contributed by atoms with Crippen LogP contribution in [0.1, 0.15) is 54.6 Å². The van der Waals surface area contributed by atoms with E-state index in [0.717, 1.165) is 31.3 Å². The summed E-state index contributed by atoms with van der Waals surface area (Å²) in [7, 11) is 1.00. The van der Waals surface area contributed by atoms with Gasteiger partial charge in [0.15, 0.2) is 17.8 Å². The maximum atomic E-state index is 14.0. The van der Waals surface area contributed by atoms with E-state index in [9.17, 15) is 4.39 Å². The molecule has 0 radical (unpaired) electrons. The normalized spacial score (nSPS) is 23.9. The lowest BCUT2D eigenvalue weighted by Crippen LogP contribution is -2.07. The van der Waals surface area contributed by atoms with Gasteiger partial charge in [0.25, 0.3) is 0 Å². The van der Waals surface area contributed by atoms with Crippen LogP contribution in [0.5, 0.6) is 0 Å². The maximum Gasteiger partial charge on any atom is 0.162 e. The second-order valence-electron chi connectivity index (χ2n) is 5.18. The predicted octanol–water partition coefficient (Wildman–Crippen LogP) is 2.77. The van der Waals surface area contributed by atoms with E-state index in [1.165, 1.54) is 0 Å². The van der Waals surface area contributed by atoms with Crippen LogP contribution in [-0.4, -0.2) is 27.0 Å². The second-order valence-corrected chi connectivity index (χ2v) is 5.18. The topological polar surface area (TPSA) is 50.9 Å². The van der Waals surface area contributed by atoms with Crippen LogP contribution in [-0.2, 0) is 0 Å². The Morgan fingerprint density at radius 2 is 1.90 bits per heavy atom. The number of fused-ring (bicyclic) bond motifs is 1. The van der Waals surface area contributed by atoms with Crippen molar-refractivity contribution >= 4 is 0 Å². The highest BCUT2D eigenvalue weighted by Crippen LogP contribution is 2.43. The molecule has 2 aliphatic rings. The summed E-state index contributed by atoms with van der Waals surface area (Å²) in [6, 6.07) is 10.0. The molecule has 0 amide bonds. The maximum absolute atomic E-state index is 14.0. The molecule has 20 heavy (non-hydrogen) atoms. The molecule has 2 unspecified atom stereocenters. The van der Waals surface area contributed by atoms with E-state index >= 15 is 0 Å². The monoisotopic (exact) mass is 275 g/mol. The van der Waals surface area contributed by atoms with Crippen molar-refractivity contribution in [3.63, 3.8) is 0 Å². The zero-order valence-corrected chi connectivity index (χ0v) is 11.4. The van der Waals surface area contributed by atoms with Gasteiger partial charge in [-0.15, -0.1) is 0 Å². The molecule has 5 heteroatoms. The highest BCUT2D eigenvalue weighted by atomic mass is 19.1. The van der Waals surface area contributed by atoms with Gasteiger partial charge in [-0.05, 0) is 18.4 Å². The lowest BCUT2D eigenvalue weighted by molar-refractivity contribution is 0.328. The highest BCUT2D eigenvalue weighted by molar-refractivity contribution is 5.24. The number of alkyl halides is 1. The average molecular weight is 275 g/mol. The molecule has 1 saturated carbocycles. The lowest BCUT2D eigenvalue weighted by Gasteiger charge is -2.11. The Morgan fingerprint density at radius 1 is 1.20 bits per heavy atom. The number of halogens is 1. The van der Waals surface area contributed by atoms with Crippen molar-refractivity contribution in [1.29, 1.82) is 0 Å². The number of nitrogens with zero attached hydrogens (tertiary/aromatic N) is 3. The molecule has 2 atom stereocenters. The van der Waals surface area contributed by atoms with Crippen LogP contribution in [0.2, 0.25) is 0 Å². The van der Waals surface area contributed by atoms with Crippen LogP contribution in [0.15, 0.2) is 30.3 Å². The Morgan fingerprint density at radius 3 is 2.55 bits per heavy atom. The molecular weight excluding hydrogens is 257 g/mol. The summed E-state index contributed by atoms with van der Waals surface area (Å²) in [5, 5.41) is 11.5. The minimum absolute atomic E-state index is 0.0104. The molecule has 0 saturated heterocycles. The Labute approximate surface area is 117 Å². The van der Waals surface area contributed by atoms with Gasteiger partial charge in [0.2, 0.25) is 0 Å². The molecule has 1 aliphatic carbocycles. The molecule has 1 aromatic heterocycles. The number of hydrogen-bond acceptors (Lipinski definition) is 3. The molecule has 1 N–H and O–H groups in total. The smallest absolute Gasteiger partial charge is 0.162 e. The quantitative estimate of drug-likeness (QED) is 0.917. The fourth-order valence-electron chi connectivity index (χ4n) is 2.66. The first kappa shape index (κ1) is 13.2. The van der Waals surface area contributed by atoms with Crippen molar-refractivity contribution in [2.24, 2.45) is 0 Å². The van der Waals surface area contributed by atoms with Crippen molar-refractivity contribution in [2.45, 2.75) is 37.4 Å². The van der Waals surface area contributed by atoms with Crippen LogP contribution >= 0.6 is 0 Å². The largest absolute Gasteiger partial charge is 0.400 e. The first-order valence-corrected chi connectivity index (χ1v) is 6.93.